The summed E-state index contributed by atoms with van der Waals surface area (Å²) in [6.07, 6.45) is 4.26. The fraction of sp³-hybridized carbons (Fsp3) is 0.421. The number of anilines is 1. The second-order valence-electron chi connectivity index (χ2n) is 6.74. The van der Waals surface area contributed by atoms with Crippen molar-refractivity contribution in [2.45, 2.75) is 30.1 Å². The predicted octanol–water partition coefficient (Wildman–Crippen LogP) is 2.84. The minimum Gasteiger partial charge on any atom is -0.493 e. The van der Waals surface area contributed by atoms with Gasteiger partial charge in [0.2, 0.25) is 10.0 Å². The largest absolute Gasteiger partial charge is 0.493 e. The molecule has 7 heteroatoms. The molecule has 138 valence electrons. The quantitative estimate of drug-likeness (QED) is 0.873. The standard InChI is InChI=1S/C19H23N3O3S/c23-26(24,22-10-3-4-11-22)16-7-8-19(21-14-16)20-13-15-9-12-25-18-6-2-1-5-17(15)18/h1-2,5-8,14-15H,3-4,9-13H2,(H,20,21). The maximum atomic E-state index is 12.5. The fourth-order valence-electron chi connectivity index (χ4n) is 3.57. The molecule has 4 rings (SSSR count). The summed E-state index contributed by atoms with van der Waals surface area (Å²) in [5, 5.41) is 3.33. The van der Waals surface area contributed by atoms with Crippen LogP contribution in [0.2, 0.25) is 0 Å². The summed E-state index contributed by atoms with van der Waals surface area (Å²) in [7, 11) is -3.40. The van der Waals surface area contributed by atoms with E-state index in [9.17, 15) is 8.42 Å². The highest BCUT2D eigenvalue weighted by molar-refractivity contribution is 7.89. The molecule has 2 aliphatic heterocycles. The molecular formula is C19H23N3O3S. The van der Waals surface area contributed by atoms with Crippen LogP contribution in [0.15, 0.2) is 47.5 Å². The molecule has 0 bridgehead atoms. The zero-order valence-corrected chi connectivity index (χ0v) is 15.4. The van der Waals surface area contributed by atoms with Gasteiger partial charge in [0, 0.05) is 31.7 Å². The summed E-state index contributed by atoms with van der Waals surface area (Å²) in [5.41, 5.74) is 1.21. The van der Waals surface area contributed by atoms with E-state index in [1.54, 1.807) is 12.1 Å². The Balaban J connectivity index is 1.42. The molecule has 2 aromatic rings. The summed E-state index contributed by atoms with van der Waals surface area (Å²) in [4.78, 5) is 4.57. The third-order valence-corrected chi connectivity index (χ3v) is 6.93. The number of rotatable bonds is 5. The number of benzene rings is 1. The van der Waals surface area contributed by atoms with Crippen molar-refractivity contribution in [3.63, 3.8) is 0 Å². The van der Waals surface area contributed by atoms with E-state index in [1.165, 1.54) is 16.1 Å². The van der Waals surface area contributed by atoms with Gasteiger partial charge in [-0.2, -0.15) is 4.31 Å². The Kier molecular flexibility index (Phi) is 4.82. The monoisotopic (exact) mass is 373 g/mol. The van der Waals surface area contributed by atoms with E-state index in [0.717, 1.165) is 31.6 Å². The number of nitrogens with zero attached hydrogens (tertiary/aromatic N) is 2. The molecule has 0 aliphatic carbocycles. The van der Waals surface area contributed by atoms with Crippen molar-refractivity contribution in [3.05, 3.63) is 48.2 Å². The van der Waals surface area contributed by atoms with E-state index in [2.05, 4.69) is 16.4 Å². The number of hydrogen-bond donors (Lipinski definition) is 1. The van der Waals surface area contributed by atoms with Gasteiger partial charge in [-0.25, -0.2) is 13.4 Å². The SMILES string of the molecule is O=S(=O)(c1ccc(NCC2CCOc3ccccc32)nc1)N1CCCC1. The number of sulfonamides is 1. The van der Waals surface area contributed by atoms with E-state index >= 15 is 0 Å². The van der Waals surface area contributed by atoms with Gasteiger partial charge in [-0.05, 0) is 43.0 Å². The fourth-order valence-corrected chi connectivity index (χ4v) is 5.03. The molecule has 1 N–H and O–H groups in total. The van der Waals surface area contributed by atoms with Crippen LogP contribution in [-0.4, -0.2) is 43.9 Å². The first-order valence-electron chi connectivity index (χ1n) is 9.06. The van der Waals surface area contributed by atoms with E-state index < -0.39 is 10.0 Å². The van der Waals surface area contributed by atoms with Crippen molar-refractivity contribution in [3.8, 4) is 5.75 Å². The normalized spacial score (nSPS) is 20.4. The lowest BCUT2D eigenvalue weighted by atomic mass is 9.93. The second-order valence-corrected chi connectivity index (χ2v) is 8.68. The smallest absolute Gasteiger partial charge is 0.244 e. The van der Waals surface area contributed by atoms with Crippen LogP contribution in [0.25, 0.3) is 0 Å². The Hall–Kier alpha value is -2.12. The summed E-state index contributed by atoms with van der Waals surface area (Å²) >= 11 is 0. The molecule has 6 nitrogen and oxygen atoms in total. The van der Waals surface area contributed by atoms with Crippen LogP contribution in [0, 0.1) is 0 Å². The highest BCUT2D eigenvalue weighted by Crippen LogP contribution is 2.33. The second kappa shape index (κ2) is 7.25. The Morgan fingerprint density at radius 1 is 1.15 bits per heavy atom. The summed E-state index contributed by atoms with van der Waals surface area (Å²) in [5.74, 6) is 2.00. The van der Waals surface area contributed by atoms with Gasteiger partial charge in [-0.1, -0.05) is 18.2 Å². The Morgan fingerprint density at radius 3 is 2.73 bits per heavy atom. The molecule has 0 amide bonds. The van der Waals surface area contributed by atoms with Crippen LogP contribution in [-0.2, 0) is 10.0 Å². The average molecular weight is 373 g/mol. The van der Waals surface area contributed by atoms with Crippen molar-refractivity contribution in [1.29, 1.82) is 0 Å². The zero-order chi connectivity index (χ0) is 18.0. The molecule has 26 heavy (non-hydrogen) atoms. The van der Waals surface area contributed by atoms with Crippen LogP contribution >= 0.6 is 0 Å². The summed E-state index contributed by atoms with van der Waals surface area (Å²) in [6.45, 7) is 2.66. The van der Waals surface area contributed by atoms with Crippen molar-refractivity contribution in [2.75, 3.05) is 31.6 Å². The van der Waals surface area contributed by atoms with Gasteiger partial charge in [-0.15, -0.1) is 0 Å². The first-order valence-corrected chi connectivity index (χ1v) is 10.5. The van der Waals surface area contributed by atoms with Gasteiger partial charge in [0.25, 0.3) is 0 Å². The topological polar surface area (TPSA) is 71.5 Å². The maximum absolute atomic E-state index is 12.5. The Morgan fingerprint density at radius 2 is 1.96 bits per heavy atom. The highest BCUT2D eigenvalue weighted by Gasteiger charge is 2.27. The van der Waals surface area contributed by atoms with Gasteiger partial charge < -0.3 is 10.1 Å². The van der Waals surface area contributed by atoms with Crippen molar-refractivity contribution in [1.82, 2.24) is 9.29 Å². The number of hydrogen-bond acceptors (Lipinski definition) is 5. The van der Waals surface area contributed by atoms with Gasteiger partial charge >= 0.3 is 0 Å². The number of fused-ring (bicyclic) bond motifs is 1. The van der Waals surface area contributed by atoms with E-state index in [-0.39, 0.29) is 4.90 Å². The molecular weight excluding hydrogens is 350 g/mol. The van der Waals surface area contributed by atoms with E-state index in [4.69, 9.17) is 4.74 Å². The predicted molar refractivity (Wildman–Crippen MR) is 100 cm³/mol. The minimum absolute atomic E-state index is 0.265. The minimum atomic E-state index is -3.40. The average Bonchev–Trinajstić information content (AvgIpc) is 3.22. The molecule has 2 aliphatic rings. The van der Waals surface area contributed by atoms with Gasteiger partial charge in [0.05, 0.1) is 6.61 Å². The van der Waals surface area contributed by atoms with Crippen LogP contribution in [0.4, 0.5) is 5.82 Å². The first-order chi connectivity index (χ1) is 12.6. The molecule has 0 radical (unpaired) electrons. The lowest BCUT2D eigenvalue weighted by molar-refractivity contribution is 0.270. The number of aromatic nitrogens is 1. The molecule has 1 saturated heterocycles. The van der Waals surface area contributed by atoms with Crippen LogP contribution in [0.3, 0.4) is 0 Å². The van der Waals surface area contributed by atoms with E-state index in [0.29, 0.717) is 31.4 Å². The molecule has 1 unspecified atom stereocenters. The highest BCUT2D eigenvalue weighted by atomic mass is 32.2. The number of pyridine rings is 1. The summed E-state index contributed by atoms with van der Waals surface area (Å²) < 4.78 is 32.3. The van der Waals surface area contributed by atoms with Crippen molar-refractivity contribution < 1.29 is 13.2 Å². The number of ether oxygens (including phenoxy) is 1. The third kappa shape index (κ3) is 3.41. The molecule has 1 aromatic heterocycles. The van der Waals surface area contributed by atoms with E-state index in [1.807, 2.05) is 18.2 Å². The lowest BCUT2D eigenvalue weighted by Gasteiger charge is -2.26. The molecule has 1 aromatic carbocycles. The maximum Gasteiger partial charge on any atom is 0.244 e. The number of nitrogens with one attached hydrogen (secondary N) is 1. The molecule has 0 saturated carbocycles. The number of para-hydroxylation sites is 1. The van der Waals surface area contributed by atoms with Gasteiger partial charge in [0.15, 0.2) is 0 Å². The van der Waals surface area contributed by atoms with Gasteiger partial charge in [-0.3, -0.25) is 0 Å². The van der Waals surface area contributed by atoms with Crippen molar-refractivity contribution in [2.24, 2.45) is 0 Å². The molecule has 3 heterocycles. The molecule has 1 fully saturated rings. The Labute approximate surface area is 154 Å². The molecule has 0 spiro atoms. The summed E-state index contributed by atoms with van der Waals surface area (Å²) in [6, 6.07) is 11.5. The van der Waals surface area contributed by atoms with Gasteiger partial charge in [0.1, 0.15) is 16.5 Å². The first kappa shape index (κ1) is 17.3. The zero-order valence-electron chi connectivity index (χ0n) is 14.6. The Bertz CT molecular complexity index is 862. The lowest BCUT2D eigenvalue weighted by Crippen LogP contribution is -2.28. The van der Waals surface area contributed by atoms with Crippen LogP contribution in [0.5, 0.6) is 5.75 Å². The van der Waals surface area contributed by atoms with Crippen LogP contribution < -0.4 is 10.1 Å². The molecule has 1 atom stereocenters. The third-order valence-electron chi connectivity index (χ3n) is 5.05. The van der Waals surface area contributed by atoms with Crippen LogP contribution in [0.1, 0.15) is 30.7 Å². The van der Waals surface area contributed by atoms with Crippen molar-refractivity contribution >= 4 is 15.8 Å².